The minimum Gasteiger partial charge on any atom is -0.478 e. The summed E-state index contributed by atoms with van der Waals surface area (Å²) in [4.78, 5) is 12.8. The number of hydrogen-bond acceptors (Lipinski definition) is 2. The van der Waals surface area contributed by atoms with Gasteiger partial charge in [-0.2, -0.15) is 0 Å². The Balaban J connectivity index is 3.24. The molecule has 0 unspecified atom stereocenters. The molecule has 0 bridgehead atoms. The van der Waals surface area contributed by atoms with Crippen LogP contribution in [0, 0.1) is 0 Å². The second-order valence-electron chi connectivity index (χ2n) is 3.40. The number of carboxylic acids is 1. The van der Waals surface area contributed by atoms with Gasteiger partial charge in [0.25, 0.3) is 0 Å². The van der Waals surface area contributed by atoms with Crippen LogP contribution in [-0.4, -0.2) is 25.2 Å². The molecule has 0 aliphatic rings. The number of carbonyl (C=O) groups is 1. The predicted molar refractivity (Wildman–Crippen MR) is 57.1 cm³/mol. The molecule has 0 heterocycles. The van der Waals surface area contributed by atoms with E-state index in [1.807, 2.05) is 38.1 Å². The molecule has 14 heavy (non-hydrogen) atoms. The van der Waals surface area contributed by atoms with Crippen LogP contribution in [0.15, 0.2) is 18.2 Å². The highest BCUT2D eigenvalue weighted by Crippen LogP contribution is 2.20. The van der Waals surface area contributed by atoms with Crippen LogP contribution in [0.3, 0.4) is 0 Å². The lowest BCUT2D eigenvalue weighted by molar-refractivity contribution is 0.0697. The monoisotopic (exact) mass is 193 g/mol. The summed E-state index contributed by atoms with van der Waals surface area (Å²) in [5.74, 6) is -0.871. The van der Waals surface area contributed by atoms with Gasteiger partial charge in [-0.1, -0.05) is 13.0 Å². The molecule has 1 aromatic rings. The van der Waals surface area contributed by atoms with Crippen LogP contribution in [0.1, 0.15) is 22.8 Å². The average molecular weight is 193 g/mol. The van der Waals surface area contributed by atoms with Gasteiger partial charge in [0.1, 0.15) is 0 Å². The first-order valence-corrected chi connectivity index (χ1v) is 4.59. The standard InChI is InChI=1S/C11H15NO2/c1-4-8-5-6-10(12(2)3)9(7-8)11(13)14/h5-7H,4H2,1-3H3,(H,13,14). The number of aromatic carboxylic acids is 1. The van der Waals surface area contributed by atoms with Crippen LogP contribution in [0.2, 0.25) is 0 Å². The van der Waals surface area contributed by atoms with E-state index in [9.17, 15) is 4.79 Å². The molecule has 1 aromatic carbocycles. The van der Waals surface area contributed by atoms with Gasteiger partial charge >= 0.3 is 5.97 Å². The van der Waals surface area contributed by atoms with E-state index in [0.717, 1.165) is 17.7 Å². The highest BCUT2D eigenvalue weighted by atomic mass is 16.4. The zero-order chi connectivity index (χ0) is 10.7. The van der Waals surface area contributed by atoms with E-state index >= 15 is 0 Å². The van der Waals surface area contributed by atoms with E-state index in [-0.39, 0.29) is 0 Å². The molecule has 0 spiro atoms. The Hall–Kier alpha value is -1.51. The van der Waals surface area contributed by atoms with E-state index in [0.29, 0.717) is 5.56 Å². The quantitative estimate of drug-likeness (QED) is 0.798. The van der Waals surface area contributed by atoms with Crippen molar-refractivity contribution in [2.45, 2.75) is 13.3 Å². The van der Waals surface area contributed by atoms with Crippen LogP contribution in [-0.2, 0) is 6.42 Å². The third-order valence-electron chi connectivity index (χ3n) is 2.18. The van der Waals surface area contributed by atoms with E-state index in [2.05, 4.69) is 0 Å². The van der Waals surface area contributed by atoms with Crippen molar-refractivity contribution in [3.63, 3.8) is 0 Å². The summed E-state index contributed by atoms with van der Waals surface area (Å²) >= 11 is 0. The predicted octanol–water partition coefficient (Wildman–Crippen LogP) is 2.01. The summed E-state index contributed by atoms with van der Waals surface area (Å²) in [7, 11) is 3.68. The molecule has 0 amide bonds. The van der Waals surface area contributed by atoms with Crippen molar-refractivity contribution in [3.8, 4) is 0 Å². The lowest BCUT2D eigenvalue weighted by Crippen LogP contribution is -2.14. The molecule has 0 atom stereocenters. The summed E-state index contributed by atoms with van der Waals surface area (Å²) < 4.78 is 0. The lowest BCUT2D eigenvalue weighted by atomic mass is 10.1. The molecule has 0 fully saturated rings. The van der Waals surface area contributed by atoms with Crippen LogP contribution in [0.4, 0.5) is 5.69 Å². The Bertz CT molecular complexity index is 345. The Morgan fingerprint density at radius 1 is 1.43 bits per heavy atom. The molecule has 0 aliphatic heterocycles. The van der Waals surface area contributed by atoms with Gasteiger partial charge in [0.05, 0.1) is 11.3 Å². The minimum atomic E-state index is -0.871. The van der Waals surface area contributed by atoms with E-state index in [4.69, 9.17) is 5.11 Å². The third kappa shape index (κ3) is 2.05. The molecule has 1 N–H and O–H groups in total. The smallest absolute Gasteiger partial charge is 0.337 e. The largest absolute Gasteiger partial charge is 0.478 e. The highest BCUT2D eigenvalue weighted by molar-refractivity contribution is 5.94. The Labute approximate surface area is 84.0 Å². The fourth-order valence-corrected chi connectivity index (χ4v) is 1.36. The van der Waals surface area contributed by atoms with Crippen LogP contribution < -0.4 is 4.90 Å². The van der Waals surface area contributed by atoms with Crippen molar-refractivity contribution < 1.29 is 9.90 Å². The molecule has 3 nitrogen and oxygen atoms in total. The van der Waals surface area contributed by atoms with Gasteiger partial charge in [-0.25, -0.2) is 4.79 Å². The van der Waals surface area contributed by atoms with E-state index in [1.54, 1.807) is 6.07 Å². The molecule has 3 heteroatoms. The van der Waals surface area contributed by atoms with Gasteiger partial charge in [-0.05, 0) is 24.1 Å². The SMILES string of the molecule is CCc1ccc(N(C)C)c(C(=O)O)c1. The maximum absolute atomic E-state index is 11.0. The molecule has 0 saturated carbocycles. The first-order chi connectivity index (χ1) is 6.56. The number of rotatable bonds is 3. The molecule has 0 aromatic heterocycles. The number of nitrogens with zero attached hydrogens (tertiary/aromatic N) is 1. The summed E-state index contributed by atoms with van der Waals surface area (Å²) in [6, 6.07) is 5.54. The average Bonchev–Trinajstić information content (AvgIpc) is 2.16. The van der Waals surface area contributed by atoms with E-state index < -0.39 is 5.97 Å². The van der Waals surface area contributed by atoms with Crippen molar-refractivity contribution in [1.29, 1.82) is 0 Å². The van der Waals surface area contributed by atoms with Gasteiger partial charge in [-0.15, -0.1) is 0 Å². The van der Waals surface area contributed by atoms with Crippen molar-refractivity contribution in [1.82, 2.24) is 0 Å². The molecule has 76 valence electrons. The fourth-order valence-electron chi connectivity index (χ4n) is 1.36. The van der Waals surface area contributed by atoms with Crippen LogP contribution >= 0.6 is 0 Å². The number of anilines is 1. The fraction of sp³-hybridized carbons (Fsp3) is 0.364. The van der Waals surface area contributed by atoms with Gasteiger partial charge in [-0.3, -0.25) is 0 Å². The third-order valence-corrected chi connectivity index (χ3v) is 2.18. The van der Waals surface area contributed by atoms with Gasteiger partial charge in [0.2, 0.25) is 0 Å². The van der Waals surface area contributed by atoms with Crippen molar-refractivity contribution in [2.24, 2.45) is 0 Å². The molecule has 0 saturated heterocycles. The van der Waals surface area contributed by atoms with Crippen molar-refractivity contribution in [2.75, 3.05) is 19.0 Å². The molecular formula is C11H15NO2. The van der Waals surface area contributed by atoms with Gasteiger partial charge in [0, 0.05) is 14.1 Å². The highest BCUT2D eigenvalue weighted by Gasteiger charge is 2.11. The minimum absolute atomic E-state index is 0.370. The van der Waals surface area contributed by atoms with Crippen molar-refractivity contribution >= 4 is 11.7 Å². The molecule has 1 rings (SSSR count). The summed E-state index contributed by atoms with van der Waals surface area (Å²) in [6.45, 7) is 2.01. The molecular weight excluding hydrogens is 178 g/mol. The first kappa shape index (κ1) is 10.6. The zero-order valence-corrected chi connectivity index (χ0v) is 8.74. The summed E-state index contributed by atoms with van der Waals surface area (Å²) in [5.41, 5.74) is 2.16. The number of carboxylic acid groups (broad SMARTS) is 1. The number of aryl methyl sites for hydroxylation is 1. The Kier molecular flexibility index (Phi) is 3.12. The van der Waals surface area contributed by atoms with Crippen LogP contribution in [0.5, 0.6) is 0 Å². The van der Waals surface area contributed by atoms with E-state index in [1.165, 1.54) is 0 Å². The molecule has 0 aliphatic carbocycles. The Morgan fingerprint density at radius 2 is 2.07 bits per heavy atom. The molecule has 0 radical (unpaired) electrons. The number of benzene rings is 1. The number of hydrogen-bond donors (Lipinski definition) is 1. The normalized spacial score (nSPS) is 9.93. The van der Waals surface area contributed by atoms with Crippen LogP contribution in [0.25, 0.3) is 0 Å². The second kappa shape index (κ2) is 4.13. The van der Waals surface area contributed by atoms with Gasteiger partial charge in [0.15, 0.2) is 0 Å². The maximum atomic E-state index is 11.0. The Morgan fingerprint density at radius 3 is 2.50 bits per heavy atom. The summed E-state index contributed by atoms with van der Waals surface area (Å²) in [6.07, 6.45) is 0.855. The zero-order valence-electron chi connectivity index (χ0n) is 8.74. The lowest BCUT2D eigenvalue weighted by Gasteiger charge is -2.15. The topological polar surface area (TPSA) is 40.5 Å². The maximum Gasteiger partial charge on any atom is 0.337 e. The summed E-state index contributed by atoms with van der Waals surface area (Å²) in [5, 5.41) is 9.01. The first-order valence-electron chi connectivity index (χ1n) is 4.59. The van der Waals surface area contributed by atoms with Gasteiger partial charge < -0.3 is 10.0 Å². The van der Waals surface area contributed by atoms with Crippen molar-refractivity contribution in [3.05, 3.63) is 29.3 Å². The second-order valence-corrected chi connectivity index (χ2v) is 3.40.